The van der Waals surface area contributed by atoms with E-state index in [1.54, 1.807) is 0 Å². The lowest BCUT2D eigenvalue weighted by molar-refractivity contribution is 0.217. The normalized spacial score (nSPS) is 38.5. The maximum Gasteiger partial charge on any atom is 0.213 e. The van der Waals surface area contributed by atoms with Crippen LogP contribution in [-0.4, -0.2) is 11.2 Å². The maximum absolute atomic E-state index is 13.3. The van der Waals surface area contributed by atoms with Gasteiger partial charge in [0.2, 0.25) is 5.95 Å². The van der Waals surface area contributed by atoms with E-state index in [0.29, 0.717) is 18.3 Å². The van der Waals surface area contributed by atoms with Crippen LogP contribution in [0, 0.1) is 17.8 Å². The van der Waals surface area contributed by atoms with Crippen molar-refractivity contribution in [1.82, 2.24) is 4.98 Å². The Balaban J connectivity index is 1.86. The second-order valence-corrected chi connectivity index (χ2v) is 4.76. The largest absolute Gasteiger partial charge is 0.247 e. The fourth-order valence-electron chi connectivity index (χ4n) is 3.26. The summed E-state index contributed by atoms with van der Waals surface area (Å²) >= 11 is 0. The van der Waals surface area contributed by atoms with Crippen molar-refractivity contribution in [1.29, 1.82) is 0 Å². The van der Waals surface area contributed by atoms with E-state index in [2.05, 4.69) is 4.98 Å². The van der Waals surface area contributed by atoms with E-state index in [1.807, 2.05) is 6.07 Å². The fraction of sp³-hybridized carbons (Fsp3) is 0.583. The van der Waals surface area contributed by atoms with Crippen molar-refractivity contribution in [2.24, 2.45) is 11.8 Å². The van der Waals surface area contributed by atoms with Crippen LogP contribution in [0.2, 0.25) is 0 Å². The second kappa shape index (κ2) is 3.26. The molecule has 15 heavy (non-hydrogen) atoms. The molecule has 80 valence electrons. The van der Waals surface area contributed by atoms with Crippen molar-refractivity contribution in [2.75, 3.05) is 0 Å². The average Bonchev–Trinajstić information content (AvgIpc) is 2.76. The molecule has 2 bridgehead atoms. The van der Waals surface area contributed by atoms with E-state index in [0.717, 1.165) is 18.4 Å². The van der Waals surface area contributed by atoms with Gasteiger partial charge in [0.1, 0.15) is 6.17 Å². The summed E-state index contributed by atoms with van der Waals surface area (Å²) in [5, 5.41) is 0. The van der Waals surface area contributed by atoms with Gasteiger partial charge in [-0.3, -0.25) is 0 Å². The third-order valence-electron chi connectivity index (χ3n) is 3.95. The summed E-state index contributed by atoms with van der Waals surface area (Å²) in [7, 11) is 0. The third-order valence-corrected chi connectivity index (χ3v) is 3.95. The topological polar surface area (TPSA) is 12.9 Å². The summed E-state index contributed by atoms with van der Waals surface area (Å²) in [6.07, 6.45) is 3.42. The molecule has 2 aliphatic carbocycles. The van der Waals surface area contributed by atoms with Gasteiger partial charge >= 0.3 is 0 Å². The summed E-state index contributed by atoms with van der Waals surface area (Å²) < 4.78 is 26.3. The number of pyridine rings is 1. The first-order valence-corrected chi connectivity index (χ1v) is 5.49. The van der Waals surface area contributed by atoms with Gasteiger partial charge in [0.15, 0.2) is 0 Å². The molecule has 0 amide bonds. The molecule has 4 atom stereocenters. The lowest BCUT2D eigenvalue weighted by atomic mass is 9.83. The molecule has 3 heteroatoms. The van der Waals surface area contributed by atoms with Crippen LogP contribution in [-0.2, 0) is 0 Å². The first-order chi connectivity index (χ1) is 7.24. The van der Waals surface area contributed by atoms with Gasteiger partial charge in [-0.15, -0.1) is 0 Å². The minimum Gasteiger partial charge on any atom is -0.247 e. The predicted octanol–water partition coefficient (Wildman–Crippen LogP) is 3.07. The SMILES string of the molecule is Fc1cc(C2CC3CC2CC3F)ccn1. The summed E-state index contributed by atoms with van der Waals surface area (Å²) in [5.74, 6) is 0.578. The predicted molar refractivity (Wildman–Crippen MR) is 52.7 cm³/mol. The van der Waals surface area contributed by atoms with E-state index in [1.165, 1.54) is 12.3 Å². The molecule has 0 N–H and O–H groups in total. The average molecular weight is 209 g/mol. The smallest absolute Gasteiger partial charge is 0.213 e. The molecule has 2 fully saturated rings. The molecule has 4 unspecified atom stereocenters. The maximum atomic E-state index is 13.3. The van der Waals surface area contributed by atoms with Gasteiger partial charge in [-0.05, 0) is 54.7 Å². The summed E-state index contributed by atoms with van der Waals surface area (Å²) in [5.41, 5.74) is 1.00. The number of hydrogen-bond donors (Lipinski definition) is 0. The molecule has 0 aliphatic heterocycles. The molecule has 0 aromatic carbocycles. The molecule has 1 heterocycles. The summed E-state index contributed by atoms with van der Waals surface area (Å²) in [6, 6.07) is 3.36. The van der Waals surface area contributed by atoms with Crippen molar-refractivity contribution in [3.8, 4) is 0 Å². The van der Waals surface area contributed by atoms with Gasteiger partial charge < -0.3 is 0 Å². The third kappa shape index (κ3) is 1.45. The van der Waals surface area contributed by atoms with Gasteiger partial charge in [0.05, 0.1) is 0 Å². The van der Waals surface area contributed by atoms with Crippen LogP contribution in [0.1, 0.15) is 30.7 Å². The van der Waals surface area contributed by atoms with E-state index in [4.69, 9.17) is 0 Å². The highest BCUT2D eigenvalue weighted by atomic mass is 19.1. The van der Waals surface area contributed by atoms with Crippen molar-refractivity contribution in [2.45, 2.75) is 31.4 Å². The quantitative estimate of drug-likeness (QED) is 0.648. The number of fused-ring (bicyclic) bond motifs is 2. The van der Waals surface area contributed by atoms with Crippen LogP contribution in [0.5, 0.6) is 0 Å². The van der Waals surface area contributed by atoms with Crippen LogP contribution in [0.15, 0.2) is 18.3 Å². The number of hydrogen-bond acceptors (Lipinski definition) is 1. The number of alkyl halides is 1. The van der Waals surface area contributed by atoms with Crippen molar-refractivity contribution >= 4 is 0 Å². The number of nitrogens with zero attached hydrogens (tertiary/aromatic N) is 1. The van der Waals surface area contributed by atoms with Gasteiger partial charge in [0.25, 0.3) is 0 Å². The monoisotopic (exact) mass is 209 g/mol. The molecule has 0 radical (unpaired) electrons. The van der Waals surface area contributed by atoms with Gasteiger partial charge in [-0.2, -0.15) is 4.39 Å². The molecule has 0 spiro atoms. The number of aromatic nitrogens is 1. The van der Waals surface area contributed by atoms with Crippen molar-refractivity contribution in [3.05, 3.63) is 29.8 Å². The molecular weight excluding hydrogens is 196 g/mol. The zero-order valence-electron chi connectivity index (χ0n) is 8.37. The highest BCUT2D eigenvalue weighted by Crippen LogP contribution is 2.53. The van der Waals surface area contributed by atoms with E-state index in [9.17, 15) is 8.78 Å². The van der Waals surface area contributed by atoms with Gasteiger partial charge in [0, 0.05) is 6.20 Å². The lowest BCUT2D eigenvalue weighted by Crippen LogP contribution is -2.17. The number of rotatable bonds is 1. The molecular formula is C12H13F2N. The Hall–Kier alpha value is -0.990. The minimum atomic E-state index is -0.613. The van der Waals surface area contributed by atoms with Crippen LogP contribution < -0.4 is 0 Å². The molecule has 1 aromatic rings. The Bertz CT molecular complexity index is 378. The van der Waals surface area contributed by atoms with E-state index < -0.39 is 12.1 Å². The lowest BCUT2D eigenvalue weighted by Gasteiger charge is -2.23. The minimum absolute atomic E-state index is 0.219. The van der Waals surface area contributed by atoms with Crippen molar-refractivity contribution in [3.63, 3.8) is 0 Å². The van der Waals surface area contributed by atoms with E-state index >= 15 is 0 Å². The Kier molecular flexibility index (Phi) is 2.01. The molecule has 1 nitrogen and oxygen atoms in total. The van der Waals surface area contributed by atoms with Crippen LogP contribution in [0.25, 0.3) is 0 Å². The molecule has 2 saturated carbocycles. The summed E-state index contributed by atoms with van der Waals surface area (Å²) in [6.45, 7) is 0. The standard InChI is InChI=1S/C12H13F2N/c13-11-5-8-3-9(11)4-10(8)7-1-2-15-12(14)6-7/h1-2,6,8-11H,3-5H2. The van der Waals surface area contributed by atoms with Crippen LogP contribution in [0.4, 0.5) is 8.78 Å². The Labute approximate surface area is 87.5 Å². The zero-order chi connectivity index (χ0) is 10.4. The van der Waals surface area contributed by atoms with Crippen LogP contribution in [0.3, 0.4) is 0 Å². The fourth-order valence-corrected chi connectivity index (χ4v) is 3.26. The molecule has 2 aliphatic rings. The van der Waals surface area contributed by atoms with Gasteiger partial charge in [-0.1, -0.05) is 0 Å². The Morgan fingerprint density at radius 2 is 2.07 bits per heavy atom. The molecule has 0 saturated heterocycles. The number of halogens is 2. The Morgan fingerprint density at radius 1 is 1.20 bits per heavy atom. The molecule has 1 aromatic heterocycles. The first kappa shape index (κ1) is 9.25. The zero-order valence-corrected chi connectivity index (χ0v) is 8.37. The highest BCUT2D eigenvalue weighted by Gasteiger charge is 2.46. The summed E-state index contributed by atoms with van der Waals surface area (Å²) in [4.78, 5) is 3.55. The van der Waals surface area contributed by atoms with E-state index in [-0.39, 0.29) is 5.92 Å². The first-order valence-electron chi connectivity index (χ1n) is 5.49. The van der Waals surface area contributed by atoms with Crippen LogP contribution >= 0.6 is 0 Å². The van der Waals surface area contributed by atoms with Gasteiger partial charge in [-0.25, -0.2) is 9.37 Å². The second-order valence-electron chi connectivity index (χ2n) is 4.76. The molecule has 3 rings (SSSR count). The van der Waals surface area contributed by atoms with Crippen molar-refractivity contribution < 1.29 is 8.78 Å². The highest BCUT2D eigenvalue weighted by molar-refractivity contribution is 5.21. The Morgan fingerprint density at radius 3 is 2.67 bits per heavy atom.